The summed E-state index contributed by atoms with van der Waals surface area (Å²) in [7, 11) is 0. The van der Waals surface area contributed by atoms with E-state index in [9.17, 15) is 9.90 Å². The van der Waals surface area contributed by atoms with Gasteiger partial charge >= 0.3 is 0 Å². The van der Waals surface area contributed by atoms with Gasteiger partial charge in [0.05, 0.1) is 11.0 Å². The number of Topliss-reactive ketones (excluding diaryl/α,β-unsaturated/α-hetero) is 1. The van der Waals surface area contributed by atoms with E-state index in [1.54, 1.807) is 42.7 Å². The molecule has 0 saturated carbocycles. The summed E-state index contributed by atoms with van der Waals surface area (Å²) in [6, 6.07) is 27.6. The minimum absolute atomic E-state index is 0.117. The van der Waals surface area contributed by atoms with Crippen molar-refractivity contribution in [1.82, 2.24) is 15.0 Å². The summed E-state index contributed by atoms with van der Waals surface area (Å²) in [6.45, 7) is 0.584. The molecular formula is C28H22N4O2. The molecule has 0 unspecified atom stereocenters. The fraction of sp³-hybridized carbons (Fsp3) is 0.0357. The molecule has 0 aliphatic rings. The lowest BCUT2D eigenvalue weighted by molar-refractivity contribution is 0.105. The molecule has 0 aliphatic heterocycles. The number of H-pyrrole nitrogens is 1. The summed E-state index contributed by atoms with van der Waals surface area (Å²) in [5, 5.41) is 14.7. The number of allylic oxidation sites excluding steroid dienone is 1. The molecule has 2 heterocycles. The standard InChI is InChI=1S/C28H22N4O2/c33-26(20-9-2-1-3-10-20)25(28-31-23-13-4-5-14-24(23)32-28)27(34)21-11-6-12-22(16-21)30-18-19-8-7-15-29-17-19/h1-17,30,34H,18H2,(H,31,32)/b27-25+. The molecule has 2 aromatic heterocycles. The largest absolute Gasteiger partial charge is 0.506 e. The zero-order chi connectivity index (χ0) is 23.3. The highest BCUT2D eigenvalue weighted by Crippen LogP contribution is 2.29. The molecule has 166 valence electrons. The zero-order valence-electron chi connectivity index (χ0n) is 18.3. The number of nitrogens with one attached hydrogen (secondary N) is 2. The van der Waals surface area contributed by atoms with Crippen LogP contribution in [0.5, 0.6) is 0 Å². The number of anilines is 1. The van der Waals surface area contributed by atoms with E-state index >= 15 is 0 Å². The maximum atomic E-state index is 13.5. The summed E-state index contributed by atoms with van der Waals surface area (Å²) in [5.74, 6) is -0.134. The Morgan fingerprint density at radius 1 is 0.882 bits per heavy atom. The number of aliphatic hydroxyl groups excluding tert-OH is 1. The van der Waals surface area contributed by atoms with Crippen molar-refractivity contribution in [3.8, 4) is 0 Å². The minimum Gasteiger partial charge on any atom is -0.506 e. The first-order valence-corrected chi connectivity index (χ1v) is 10.9. The normalized spacial score (nSPS) is 11.8. The number of pyridine rings is 1. The molecule has 0 bridgehead atoms. The number of aromatic amines is 1. The topological polar surface area (TPSA) is 90.9 Å². The molecule has 0 aliphatic carbocycles. The molecule has 5 rings (SSSR count). The first-order chi connectivity index (χ1) is 16.7. The van der Waals surface area contributed by atoms with Crippen LogP contribution >= 0.6 is 0 Å². The number of rotatable bonds is 7. The molecule has 0 amide bonds. The van der Waals surface area contributed by atoms with Crippen LogP contribution in [0.25, 0.3) is 22.4 Å². The zero-order valence-corrected chi connectivity index (χ0v) is 18.3. The van der Waals surface area contributed by atoms with Crippen molar-refractivity contribution in [1.29, 1.82) is 0 Å². The van der Waals surface area contributed by atoms with Crippen LogP contribution in [0, 0.1) is 0 Å². The number of hydrogen-bond donors (Lipinski definition) is 3. The Morgan fingerprint density at radius 3 is 2.47 bits per heavy atom. The SMILES string of the molecule is O=C(/C(=C(\O)c1cccc(NCc2cccnc2)c1)c1nc2ccccc2[nH]1)c1ccccc1. The van der Waals surface area contributed by atoms with Gasteiger partial charge < -0.3 is 15.4 Å². The number of carbonyl (C=O) groups is 1. The highest BCUT2D eigenvalue weighted by atomic mass is 16.3. The van der Waals surface area contributed by atoms with Crippen LogP contribution in [0.3, 0.4) is 0 Å². The first kappa shape index (κ1) is 21.2. The molecule has 0 atom stereocenters. The van der Waals surface area contributed by atoms with Gasteiger partial charge in [-0.15, -0.1) is 0 Å². The van der Waals surface area contributed by atoms with Crippen molar-refractivity contribution in [2.45, 2.75) is 6.54 Å². The summed E-state index contributed by atoms with van der Waals surface area (Å²) in [5.41, 5.74) is 4.45. The molecule has 0 fully saturated rings. The van der Waals surface area contributed by atoms with Crippen LogP contribution in [0.15, 0.2) is 103 Å². The van der Waals surface area contributed by atoms with E-state index in [1.807, 2.05) is 60.7 Å². The summed E-state index contributed by atoms with van der Waals surface area (Å²) in [6.07, 6.45) is 3.53. The Balaban J connectivity index is 1.56. The van der Waals surface area contributed by atoms with E-state index in [0.29, 0.717) is 23.5 Å². The van der Waals surface area contributed by atoms with Crippen LogP contribution in [0.2, 0.25) is 0 Å². The maximum absolute atomic E-state index is 13.5. The second kappa shape index (κ2) is 9.42. The van der Waals surface area contributed by atoms with Crippen LogP contribution in [0.4, 0.5) is 5.69 Å². The third-order valence-electron chi connectivity index (χ3n) is 5.48. The van der Waals surface area contributed by atoms with E-state index in [-0.39, 0.29) is 17.1 Å². The number of imidazole rings is 1. The Hall–Kier alpha value is -4.71. The van der Waals surface area contributed by atoms with Gasteiger partial charge in [0, 0.05) is 35.8 Å². The van der Waals surface area contributed by atoms with Gasteiger partial charge in [-0.25, -0.2) is 4.98 Å². The van der Waals surface area contributed by atoms with E-state index in [4.69, 9.17) is 0 Å². The van der Waals surface area contributed by atoms with E-state index in [2.05, 4.69) is 20.3 Å². The Kier molecular flexibility index (Phi) is 5.86. The maximum Gasteiger partial charge on any atom is 0.200 e. The summed E-state index contributed by atoms with van der Waals surface area (Å²) < 4.78 is 0. The third-order valence-corrected chi connectivity index (χ3v) is 5.48. The smallest absolute Gasteiger partial charge is 0.200 e. The monoisotopic (exact) mass is 446 g/mol. The number of benzene rings is 3. The number of aliphatic hydroxyl groups is 1. The van der Waals surface area contributed by atoms with Gasteiger partial charge in [0.2, 0.25) is 5.78 Å². The van der Waals surface area contributed by atoms with E-state index in [0.717, 1.165) is 22.3 Å². The Morgan fingerprint density at radius 2 is 1.68 bits per heavy atom. The molecular weight excluding hydrogens is 424 g/mol. The van der Waals surface area contributed by atoms with Gasteiger partial charge in [-0.3, -0.25) is 9.78 Å². The number of aromatic nitrogens is 3. The van der Waals surface area contributed by atoms with Crippen LogP contribution in [0.1, 0.15) is 27.3 Å². The van der Waals surface area contributed by atoms with Crippen LogP contribution < -0.4 is 5.32 Å². The molecule has 34 heavy (non-hydrogen) atoms. The fourth-order valence-electron chi connectivity index (χ4n) is 3.76. The Bertz CT molecular complexity index is 1440. The number of nitrogens with zero attached hydrogens (tertiary/aromatic N) is 2. The lowest BCUT2D eigenvalue weighted by Crippen LogP contribution is -2.08. The summed E-state index contributed by atoms with van der Waals surface area (Å²) in [4.78, 5) is 25.4. The van der Waals surface area contributed by atoms with Gasteiger partial charge in [-0.05, 0) is 35.9 Å². The molecule has 3 N–H and O–H groups in total. The van der Waals surface area contributed by atoms with Gasteiger partial charge in [0.25, 0.3) is 0 Å². The van der Waals surface area contributed by atoms with Crippen molar-refractivity contribution < 1.29 is 9.90 Å². The van der Waals surface area contributed by atoms with Gasteiger partial charge in [0.1, 0.15) is 17.2 Å². The van der Waals surface area contributed by atoms with Crippen LogP contribution in [-0.4, -0.2) is 25.8 Å². The molecule has 6 nitrogen and oxygen atoms in total. The van der Waals surface area contributed by atoms with Crippen molar-refractivity contribution in [2.75, 3.05) is 5.32 Å². The Labute approximate surface area is 196 Å². The molecule has 0 saturated heterocycles. The number of carbonyl (C=O) groups excluding carboxylic acids is 1. The molecule has 0 spiro atoms. The van der Waals surface area contributed by atoms with Crippen molar-refractivity contribution >= 4 is 33.8 Å². The lowest BCUT2D eigenvalue weighted by atomic mass is 9.98. The molecule has 3 aromatic carbocycles. The first-order valence-electron chi connectivity index (χ1n) is 10.9. The molecule has 6 heteroatoms. The predicted molar refractivity (Wildman–Crippen MR) is 134 cm³/mol. The average Bonchev–Trinajstić information content (AvgIpc) is 3.32. The third kappa shape index (κ3) is 4.42. The summed E-state index contributed by atoms with van der Waals surface area (Å²) >= 11 is 0. The van der Waals surface area contributed by atoms with E-state index < -0.39 is 0 Å². The lowest BCUT2D eigenvalue weighted by Gasteiger charge is -2.11. The average molecular weight is 447 g/mol. The van der Waals surface area contributed by atoms with Crippen molar-refractivity contribution in [3.63, 3.8) is 0 Å². The highest BCUT2D eigenvalue weighted by molar-refractivity contribution is 6.33. The van der Waals surface area contributed by atoms with Gasteiger partial charge in [-0.2, -0.15) is 0 Å². The van der Waals surface area contributed by atoms with Gasteiger partial charge in [0.15, 0.2) is 0 Å². The van der Waals surface area contributed by atoms with Crippen molar-refractivity contribution in [2.24, 2.45) is 0 Å². The van der Waals surface area contributed by atoms with Crippen LogP contribution in [-0.2, 0) is 6.54 Å². The van der Waals surface area contributed by atoms with Crippen molar-refractivity contribution in [3.05, 3.63) is 126 Å². The van der Waals surface area contributed by atoms with E-state index in [1.165, 1.54) is 0 Å². The highest BCUT2D eigenvalue weighted by Gasteiger charge is 2.23. The number of para-hydroxylation sites is 2. The quantitative estimate of drug-likeness (QED) is 0.165. The van der Waals surface area contributed by atoms with Gasteiger partial charge in [-0.1, -0.05) is 60.7 Å². The minimum atomic E-state index is -0.314. The number of hydrogen-bond acceptors (Lipinski definition) is 5. The second-order valence-electron chi connectivity index (χ2n) is 7.82. The predicted octanol–water partition coefficient (Wildman–Crippen LogP) is 5.88. The second-order valence-corrected chi connectivity index (χ2v) is 7.82. The fourth-order valence-corrected chi connectivity index (χ4v) is 3.76. The molecule has 0 radical (unpaired) electrons. The number of ketones is 1. The molecule has 5 aromatic rings. The number of fused-ring (bicyclic) bond motifs is 1.